The molecule has 0 amide bonds. The number of ether oxygens (including phenoxy) is 4. The van der Waals surface area contributed by atoms with Crippen molar-refractivity contribution in [3.05, 3.63) is 103 Å². The molecule has 5 rings (SSSR count). The van der Waals surface area contributed by atoms with Gasteiger partial charge in [-0.1, -0.05) is 43.8 Å². The van der Waals surface area contributed by atoms with Crippen LogP contribution in [0.15, 0.2) is 97.6 Å². The Kier molecular flexibility index (Phi) is 8.96. The fourth-order valence-electron chi connectivity index (χ4n) is 4.98. The third kappa shape index (κ3) is 7.35. The van der Waals surface area contributed by atoms with Crippen LogP contribution < -0.4 is 14.2 Å². The van der Waals surface area contributed by atoms with Gasteiger partial charge in [0.25, 0.3) is 0 Å². The summed E-state index contributed by atoms with van der Waals surface area (Å²) in [4.78, 5) is 49.0. The number of carbonyl (C=O) groups excluding carboxylic acids is 4. The third-order valence-electron chi connectivity index (χ3n) is 7.17. The quantitative estimate of drug-likeness (QED) is 0.0902. The predicted molar refractivity (Wildman–Crippen MR) is 161 cm³/mol. The maximum atomic E-state index is 12.9. The van der Waals surface area contributed by atoms with Gasteiger partial charge in [-0.2, -0.15) is 0 Å². The van der Waals surface area contributed by atoms with Crippen LogP contribution in [0.25, 0.3) is 21.5 Å². The van der Waals surface area contributed by atoms with Crippen molar-refractivity contribution in [1.82, 2.24) is 0 Å². The fourth-order valence-corrected chi connectivity index (χ4v) is 4.98. The SMILES string of the molecule is C=CC(=O)Oc1ccc2c(ccc3cc(C(=O)Oc4ccc(OC(=O)C(=C)CC(=O)OC5CCCCC5)cc4)ccc32)c1. The van der Waals surface area contributed by atoms with E-state index in [1.54, 1.807) is 24.3 Å². The van der Waals surface area contributed by atoms with Gasteiger partial charge in [-0.25, -0.2) is 14.4 Å². The molecule has 218 valence electrons. The van der Waals surface area contributed by atoms with Crippen molar-refractivity contribution in [2.75, 3.05) is 0 Å². The maximum absolute atomic E-state index is 12.9. The molecule has 0 bridgehead atoms. The Balaban J connectivity index is 1.18. The first-order valence-electron chi connectivity index (χ1n) is 14.0. The topological polar surface area (TPSA) is 105 Å². The molecule has 8 heteroatoms. The summed E-state index contributed by atoms with van der Waals surface area (Å²) in [6, 6.07) is 20.3. The highest BCUT2D eigenvalue weighted by Gasteiger charge is 2.21. The summed E-state index contributed by atoms with van der Waals surface area (Å²) in [5.74, 6) is -1.41. The van der Waals surface area contributed by atoms with Gasteiger partial charge in [-0.05, 0) is 95.8 Å². The summed E-state index contributed by atoms with van der Waals surface area (Å²) in [5.41, 5.74) is 0.354. The van der Waals surface area contributed by atoms with Gasteiger partial charge in [0.15, 0.2) is 0 Å². The van der Waals surface area contributed by atoms with Crippen molar-refractivity contribution in [2.45, 2.75) is 44.6 Å². The van der Waals surface area contributed by atoms with Crippen molar-refractivity contribution in [3.63, 3.8) is 0 Å². The van der Waals surface area contributed by atoms with Crippen molar-refractivity contribution < 1.29 is 38.1 Å². The van der Waals surface area contributed by atoms with Crippen molar-refractivity contribution in [3.8, 4) is 17.2 Å². The minimum atomic E-state index is -0.733. The smallest absolute Gasteiger partial charge is 0.343 e. The number of rotatable bonds is 9. The van der Waals surface area contributed by atoms with Gasteiger partial charge < -0.3 is 18.9 Å². The summed E-state index contributed by atoms with van der Waals surface area (Å²) in [6.07, 6.45) is 5.67. The first-order chi connectivity index (χ1) is 20.8. The highest BCUT2D eigenvalue weighted by molar-refractivity contribution is 6.09. The van der Waals surface area contributed by atoms with E-state index >= 15 is 0 Å². The standard InChI is InChI=1S/C35H30O8/c1-3-32(36)41-29-16-18-31-24(21-29)10-9-23-20-25(11-17-30(23)31)35(39)43-28-14-12-27(13-15-28)42-34(38)22(2)19-33(37)40-26-7-5-4-6-8-26/h3,9-18,20-21,26H,1-2,4-8,19H2. The normalized spacial score (nSPS) is 13.2. The lowest BCUT2D eigenvalue weighted by molar-refractivity contribution is -0.150. The fraction of sp³-hybridized carbons (Fsp3) is 0.200. The lowest BCUT2D eigenvalue weighted by Crippen LogP contribution is -2.22. The molecule has 0 N–H and O–H groups in total. The van der Waals surface area contributed by atoms with Gasteiger partial charge in [-0.15, -0.1) is 0 Å². The lowest BCUT2D eigenvalue weighted by atomic mass is 9.98. The molecule has 4 aromatic rings. The van der Waals surface area contributed by atoms with Gasteiger partial charge in [0.2, 0.25) is 0 Å². The molecule has 1 aliphatic rings. The zero-order valence-corrected chi connectivity index (χ0v) is 23.5. The monoisotopic (exact) mass is 578 g/mol. The van der Waals surface area contributed by atoms with Crippen LogP contribution in [0, 0.1) is 0 Å². The number of hydrogen-bond acceptors (Lipinski definition) is 8. The molecule has 0 aromatic heterocycles. The molecular formula is C35H30O8. The van der Waals surface area contributed by atoms with E-state index in [0.29, 0.717) is 11.3 Å². The lowest BCUT2D eigenvalue weighted by Gasteiger charge is -2.21. The minimum Gasteiger partial charge on any atom is -0.462 e. The zero-order chi connectivity index (χ0) is 30.3. The minimum absolute atomic E-state index is 0.00281. The number of benzene rings is 4. The third-order valence-corrected chi connectivity index (χ3v) is 7.17. The average molecular weight is 579 g/mol. The second-order valence-corrected chi connectivity index (χ2v) is 10.3. The van der Waals surface area contributed by atoms with E-state index in [9.17, 15) is 19.2 Å². The molecular weight excluding hydrogens is 548 g/mol. The molecule has 0 heterocycles. The van der Waals surface area contributed by atoms with Gasteiger partial charge in [0.05, 0.1) is 12.0 Å². The molecule has 0 saturated heterocycles. The number of hydrogen-bond donors (Lipinski definition) is 0. The zero-order valence-electron chi connectivity index (χ0n) is 23.5. The first kappa shape index (κ1) is 29.3. The van der Waals surface area contributed by atoms with Crippen LogP contribution in [-0.2, 0) is 19.1 Å². The molecule has 4 aromatic carbocycles. The summed E-state index contributed by atoms with van der Waals surface area (Å²) in [5, 5.41) is 3.57. The van der Waals surface area contributed by atoms with Crippen LogP contribution in [0.2, 0.25) is 0 Å². The van der Waals surface area contributed by atoms with Crippen LogP contribution >= 0.6 is 0 Å². The molecule has 1 aliphatic carbocycles. The van der Waals surface area contributed by atoms with Crippen molar-refractivity contribution in [1.29, 1.82) is 0 Å². The largest absolute Gasteiger partial charge is 0.462 e. The van der Waals surface area contributed by atoms with E-state index in [1.165, 1.54) is 24.3 Å². The predicted octanol–water partition coefficient (Wildman–Crippen LogP) is 7.03. The van der Waals surface area contributed by atoms with Crippen LogP contribution in [-0.4, -0.2) is 30.0 Å². The summed E-state index contributed by atoms with van der Waals surface area (Å²) in [7, 11) is 0. The van der Waals surface area contributed by atoms with E-state index in [2.05, 4.69) is 13.2 Å². The number of esters is 4. The Hall–Kier alpha value is -5.24. The molecule has 8 nitrogen and oxygen atoms in total. The molecule has 0 spiro atoms. The molecule has 0 atom stereocenters. The Morgan fingerprint density at radius 3 is 2.00 bits per heavy atom. The first-order valence-corrected chi connectivity index (χ1v) is 14.0. The van der Waals surface area contributed by atoms with Crippen molar-refractivity contribution in [2.24, 2.45) is 0 Å². The van der Waals surface area contributed by atoms with Gasteiger partial charge in [-0.3, -0.25) is 4.79 Å². The highest BCUT2D eigenvalue weighted by atomic mass is 16.6. The van der Waals surface area contributed by atoms with Gasteiger partial charge in [0.1, 0.15) is 23.4 Å². The summed E-state index contributed by atoms with van der Waals surface area (Å²) < 4.78 is 21.5. The Bertz CT molecular complexity index is 1730. The van der Waals surface area contributed by atoms with E-state index in [0.717, 1.165) is 59.7 Å². The highest BCUT2D eigenvalue weighted by Crippen LogP contribution is 2.30. The number of fused-ring (bicyclic) bond motifs is 3. The summed E-state index contributed by atoms with van der Waals surface area (Å²) in [6.45, 7) is 7.07. The molecule has 1 saturated carbocycles. The van der Waals surface area contributed by atoms with E-state index in [-0.39, 0.29) is 29.6 Å². The Morgan fingerprint density at radius 2 is 1.33 bits per heavy atom. The maximum Gasteiger partial charge on any atom is 0.343 e. The Labute approximate surface area is 248 Å². The van der Waals surface area contributed by atoms with Crippen molar-refractivity contribution >= 4 is 45.4 Å². The number of carbonyl (C=O) groups is 4. The Morgan fingerprint density at radius 1 is 0.721 bits per heavy atom. The molecule has 0 unspecified atom stereocenters. The van der Waals surface area contributed by atoms with E-state index < -0.39 is 23.9 Å². The van der Waals surface area contributed by atoms with Crippen LogP contribution in [0.5, 0.6) is 17.2 Å². The van der Waals surface area contributed by atoms with Crippen LogP contribution in [0.1, 0.15) is 48.9 Å². The van der Waals surface area contributed by atoms with Gasteiger partial charge >= 0.3 is 23.9 Å². The average Bonchev–Trinajstić information content (AvgIpc) is 3.01. The molecule has 1 fully saturated rings. The van der Waals surface area contributed by atoms with Crippen LogP contribution in [0.4, 0.5) is 0 Å². The molecule has 0 radical (unpaired) electrons. The van der Waals surface area contributed by atoms with Crippen LogP contribution in [0.3, 0.4) is 0 Å². The second-order valence-electron chi connectivity index (χ2n) is 10.3. The molecule has 0 aliphatic heterocycles. The van der Waals surface area contributed by atoms with E-state index in [4.69, 9.17) is 18.9 Å². The molecule has 43 heavy (non-hydrogen) atoms. The summed E-state index contributed by atoms with van der Waals surface area (Å²) >= 11 is 0. The van der Waals surface area contributed by atoms with E-state index in [1.807, 2.05) is 24.3 Å². The van der Waals surface area contributed by atoms with Gasteiger partial charge in [0, 0.05) is 11.6 Å². The second kappa shape index (κ2) is 13.2.